The summed E-state index contributed by atoms with van der Waals surface area (Å²) in [6.45, 7) is 0. The first-order valence-corrected chi connectivity index (χ1v) is 34.6. The summed E-state index contributed by atoms with van der Waals surface area (Å²) in [5.41, 5.74) is -0.775. The van der Waals surface area contributed by atoms with Crippen molar-refractivity contribution in [3.05, 3.63) is 145 Å². The molecule has 6 aromatic carbocycles. The maximum absolute atomic E-state index is 14.3. The maximum atomic E-state index is 14.3. The summed E-state index contributed by atoms with van der Waals surface area (Å²) in [6, 6.07) is 18.5. The molecule has 3 heterocycles. The third kappa shape index (κ3) is 15.4. The van der Waals surface area contributed by atoms with E-state index in [1.807, 2.05) is 0 Å². The van der Waals surface area contributed by atoms with Gasteiger partial charge >= 0.3 is 0 Å². The van der Waals surface area contributed by atoms with Gasteiger partial charge in [-0.3, -0.25) is 56.1 Å². The molecule has 0 unspecified atom stereocenters. The van der Waals surface area contributed by atoms with E-state index < -0.39 is 144 Å². The number of amides is 6. The predicted molar refractivity (Wildman–Crippen MR) is 329 cm³/mol. The molecule has 12 N–H and O–H groups in total. The van der Waals surface area contributed by atoms with Gasteiger partial charge in [0.15, 0.2) is 0 Å². The van der Waals surface area contributed by atoms with Crippen LogP contribution in [-0.4, -0.2) is 127 Å². The van der Waals surface area contributed by atoms with Gasteiger partial charge in [-0.05, 0) is 107 Å². The van der Waals surface area contributed by atoms with Crippen molar-refractivity contribution in [2.75, 3.05) is 31.9 Å². The number of anilines is 6. The first kappa shape index (κ1) is 67.6. The highest BCUT2D eigenvalue weighted by Crippen LogP contribution is 2.34. The van der Waals surface area contributed by atoms with Gasteiger partial charge < -0.3 is 45.6 Å². The van der Waals surface area contributed by atoms with Crippen LogP contribution in [0.2, 0.25) is 0 Å². The van der Waals surface area contributed by atoms with Gasteiger partial charge in [0.05, 0.1) is 37.7 Å². The zero-order chi connectivity index (χ0) is 68.4. The van der Waals surface area contributed by atoms with Crippen molar-refractivity contribution in [2.24, 2.45) is 27.1 Å². The van der Waals surface area contributed by atoms with E-state index >= 15 is 0 Å². The molecule has 3 aromatic heterocycles. The molecule has 0 aliphatic rings. The Kier molecular flexibility index (Phi) is 17.9. The Morgan fingerprint density at radius 3 is 0.871 bits per heavy atom. The second-order valence-electron chi connectivity index (χ2n) is 20.7. The van der Waals surface area contributed by atoms with Crippen LogP contribution in [0, 0.1) is 5.92 Å². The molecule has 33 nitrogen and oxygen atoms in total. The summed E-state index contributed by atoms with van der Waals surface area (Å²) in [5, 5.41) is 14.2. The van der Waals surface area contributed by atoms with Gasteiger partial charge in [-0.15, -0.1) is 0 Å². The molecule has 0 radical (unpaired) electrons. The molecule has 39 heteroatoms. The lowest BCUT2D eigenvalue weighted by molar-refractivity contribution is -0.127. The number of hydrogen-bond acceptors (Lipinski definition) is 18. The van der Waals surface area contributed by atoms with Crippen LogP contribution in [0.5, 0.6) is 0 Å². The molecular weight excluding hydrogens is 1350 g/mol. The number of benzene rings is 6. The second-order valence-corrected chi connectivity index (χ2v) is 29.1. The van der Waals surface area contributed by atoms with Crippen molar-refractivity contribution >= 4 is 163 Å². The largest absolute Gasteiger partial charge is 0.344 e. The van der Waals surface area contributed by atoms with Crippen LogP contribution in [0.3, 0.4) is 0 Å². The van der Waals surface area contributed by atoms with Crippen molar-refractivity contribution in [3.8, 4) is 0 Å². The molecule has 0 aliphatic heterocycles. The number of nitrogens with zero attached hydrogens (tertiary/aromatic N) is 3. The fraction of sp³-hybridized carbons (Fsp3) is 0.111. The lowest BCUT2D eigenvalue weighted by atomic mass is 9.99. The topological polar surface area (TPSA) is 516 Å². The molecule has 93 heavy (non-hydrogen) atoms. The quantitative estimate of drug-likeness (QED) is 0.0446. The molecule has 9 rings (SSSR count). The molecule has 9 aromatic rings. The van der Waals surface area contributed by atoms with Crippen LogP contribution in [0.25, 0.3) is 32.3 Å². The highest BCUT2D eigenvalue weighted by molar-refractivity contribution is 7.87. The average molecular weight is 1400 g/mol. The second kappa shape index (κ2) is 24.7. The van der Waals surface area contributed by atoms with E-state index in [9.17, 15) is 107 Å². The van der Waals surface area contributed by atoms with Gasteiger partial charge in [-0.1, -0.05) is 18.2 Å². The molecule has 0 bridgehead atoms. The highest BCUT2D eigenvalue weighted by Gasteiger charge is 2.30. The molecule has 488 valence electrons. The van der Waals surface area contributed by atoms with E-state index in [0.29, 0.717) is 18.2 Å². The van der Waals surface area contributed by atoms with Crippen molar-refractivity contribution in [3.63, 3.8) is 0 Å². The van der Waals surface area contributed by atoms with Crippen molar-refractivity contribution in [2.45, 2.75) is 42.2 Å². The van der Waals surface area contributed by atoms with Crippen LogP contribution in [-0.2, 0) is 96.2 Å². The number of hydrogen-bond donors (Lipinski definition) is 12. The van der Waals surface area contributed by atoms with Crippen LogP contribution in [0.1, 0.15) is 44.3 Å². The zero-order valence-electron chi connectivity index (χ0n) is 47.4. The Morgan fingerprint density at radius 1 is 0.344 bits per heavy atom. The molecule has 0 saturated heterocycles. The number of carbonyl (C=O) groups is 6. The van der Waals surface area contributed by atoms with Crippen LogP contribution in [0.15, 0.2) is 157 Å². The van der Waals surface area contributed by atoms with E-state index in [-0.39, 0.29) is 83.5 Å². The van der Waals surface area contributed by atoms with Crippen LogP contribution >= 0.6 is 0 Å². The van der Waals surface area contributed by atoms with Crippen molar-refractivity contribution in [1.82, 2.24) is 13.7 Å². The van der Waals surface area contributed by atoms with Crippen molar-refractivity contribution in [1.29, 1.82) is 0 Å². The zero-order valence-corrected chi connectivity index (χ0v) is 52.3. The Labute approximate surface area is 525 Å². The lowest BCUT2D eigenvalue weighted by Crippen LogP contribution is -2.30. The minimum atomic E-state index is -5.12. The fourth-order valence-electron chi connectivity index (χ4n) is 9.75. The van der Waals surface area contributed by atoms with Crippen LogP contribution < -0.4 is 31.9 Å². The van der Waals surface area contributed by atoms with Gasteiger partial charge in [0.2, 0.25) is 17.7 Å². The third-order valence-corrected chi connectivity index (χ3v) is 19.1. The summed E-state index contributed by atoms with van der Waals surface area (Å²) < 4.78 is 207. The normalized spacial score (nSPS) is 12.5. The van der Waals surface area contributed by atoms with Gasteiger partial charge in [0.1, 0.15) is 31.8 Å². The van der Waals surface area contributed by atoms with E-state index in [2.05, 4.69) is 31.9 Å². The predicted octanol–water partition coefficient (Wildman–Crippen LogP) is 5.01. The van der Waals surface area contributed by atoms with E-state index in [1.54, 1.807) is 0 Å². The average Bonchev–Trinajstić information content (AvgIpc) is 1.57. The van der Waals surface area contributed by atoms with E-state index in [4.69, 9.17) is 0 Å². The number of carbonyl (C=O) groups excluding carboxylic acids is 6. The SMILES string of the molecule is Cn1cc(NC(=O)CC(CC(=O)Nc2cc(C(=O)Nc3ccc4cc(S(=O)(=O)O)cc(S(=O)(=O)O)c4c3)n(C)c2)C(=O)Nc2cc(C(=O)Nc3ccc4cc(S(=O)(=O)O)cc(S(=O)(=O)O)c4c3)n(C)c2)cc1C(=O)Nc1ccc2cc(S(=O)(=O)O)cc(S(=O)(=O)O)c2c1. The molecule has 6 amide bonds. The van der Waals surface area contributed by atoms with Gasteiger partial charge in [0.25, 0.3) is 78.4 Å². The number of aryl methyl sites for hydroxylation is 3. The van der Waals surface area contributed by atoms with Crippen LogP contribution in [0.4, 0.5) is 34.1 Å². The summed E-state index contributed by atoms with van der Waals surface area (Å²) in [7, 11) is -26.0. The third-order valence-electron chi connectivity index (χ3n) is 14.0. The molecular formula is C54H47N9O24S6. The first-order chi connectivity index (χ1) is 43.0. The maximum Gasteiger partial charge on any atom is 0.295 e. The number of nitrogens with one attached hydrogen (secondary N) is 6. The summed E-state index contributed by atoms with van der Waals surface area (Å²) in [5.74, 6) is -6.98. The molecule has 0 aliphatic carbocycles. The molecule has 0 spiro atoms. The van der Waals surface area contributed by atoms with E-state index in [0.717, 1.165) is 36.4 Å². The Balaban J connectivity index is 0.942. The monoisotopic (exact) mass is 1400 g/mol. The van der Waals surface area contributed by atoms with Gasteiger partial charge in [-0.25, -0.2) is 0 Å². The highest BCUT2D eigenvalue weighted by atomic mass is 32.2. The summed E-state index contributed by atoms with van der Waals surface area (Å²) in [4.78, 5) is 77.8. The molecule has 0 saturated carbocycles. The van der Waals surface area contributed by atoms with Crippen molar-refractivity contribution < 1.29 is 107 Å². The first-order valence-electron chi connectivity index (χ1n) is 25.9. The lowest BCUT2D eigenvalue weighted by Gasteiger charge is -2.16. The Morgan fingerprint density at radius 2 is 0.613 bits per heavy atom. The standard InChI is InChI=1S/C54H47N9O24S6/c1-61-24-34(18-43(61)52(67)57-31-7-4-27-10-37(88(70,71)72)21-46(40(27)15-31)91(79,80)81)55-49(64)13-30(51(66)60-36-20-45(63(3)26-36)54(69)59-33-9-6-29-12-39(90(76,77)78)23-48(42(29)17-33)93(85,86)87)14-50(65)56-35-19-44(62(2)25-35)53(68)58-32-8-5-28-11-38(89(73,74)75)22-47(41(28)16-32)92(82,83)84/h4-12,15-26,30H,13-14H2,1-3H3,(H,55,64)(H,56,65)(H,57,67)(H,58,68)(H,59,69)(H,60,66)(H,70,71,72)(H,73,74,75)(H,76,77,78)(H,79,80,81)(H,82,83,84)(H,85,86,87). The molecule has 0 atom stereocenters. The van der Waals surface area contributed by atoms with E-state index in [1.165, 1.54) is 108 Å². The molecule has 0 fully saturated rings. The number of fused-ring (bicyclic) bond motifs is 3. The fourth-order valence-corrected chi connectivity index (χ4v) is 13.8. The number of rotatable bonds is 20. The Bertz CT molecular complexity index is 5250. The summed E-state index contributed by atoms with van der Waals surface area (Å²) >= 11 is 0. The summed E-state index contributed by atoms with van der Waals surface area (Å²) in [6.07, 6.45) is 2.29. The Hall–Kier alpha value is -9.78. The minimum Gasteiger partial charge on any atom is -0.344 e. The number of aromatic nitrogens is 3. The van der Waals surface area contributed by atoms with Gasteiger partial charge in [0, 0.05) is 85.8 Å². The smallest absolute Gasteiger partial charge is 0.295 e. The minimum absolute atomic E-state index is 0.0349. The van der Waals surface area contributed by atoms with Gasteiger partial charge in [-0.2, -0.15) is 50.5 Å².